The molecule has 0 aliphatic heterocycles. The Morgan fingerprint density at radius 3 is 2.42 bits per heavy atom. The zero-order chi connectivity index (χ0) is 19.5. The summed E-state index contributed by atoms with van der Waals surface area (Å²) >= 11 is 17.8. The van der Waals surface area contributed by atoms with E-state index in [0.717, 1.165) is 4.31 Å². The van der Waals surface area contributed by atoms with Crippen molar-refractivity contribution in [3.8, 4) is 5.75 Å². The normalized spacial score (nSPS) is 11.5. The molecular formula is C16H15Cl3N2O4S. The van der Waals surface area contributed by atoms with Crippen molar-refractivity contribution < 1.29 is 17.9 Å². The van der Waals surface area contributed by atoms with Gasteiger partial charge in [0.15, 0.2) is 0 Å². The van der Waals surface area contributed by atoms with E-state index >= 15 is 0 Å². The topological polar surface area (TPSA) is 75.7 Å². The number of hydrogen-bond donors (Lipinski definition) is 1. The molecule has 0 fully saturated rings. The maximum absolute atomic E-state index is 12.6. The molecule has 0 unspecified atom stereocenters. The molecule has 0 radical (unpaired) electrons. The van der Waals surface area contributed by atoms with Gasteiger partial charge >= 0.3 is 0 Å². The van der Waals surface area contributed by atoms with E-state index in [2.05, 4.69) is 5.32 Å². The lowest BCUT2D eigenvalue weighted by atomic mass is 10.3. The van der Waals surface area contributed by atoms with Gasteiger partial charge in [-0.05, 0) is 36.4 Å². The zero-order valence-electron chi connectivity index (χ0n) is 13.8. The van der Waals surface area contributed by atoms with Gasteiger partial charge in [-0.15, -0.1) is 0 Å². The molecule has 0 aliphatic carbocycles. The van der Waals surface area contributed by atoms with Crippen LogP contribution >= 0.6 is 34.8 Å². The molecular weight excluding hydrogens is 423 g/mol. The van der Waals surface area contributed by atoms with Gasteiger partial charge in [0.25, 0.3) is 0 Å². The molecule has 1 amide bonds. The Labute approximate surface area is 166 Å². The van der Waals surface area contributed by atoms with Crippen LogP contribution in [0.3, 0.4) is 0 Å². The number of hydrogen-bond acceptors (Lipinski definition) is 4. The molecule has 0 bridgehead atoms. The summed E-state index contributed by atoms with van der Waals surface area (Å²) in [6.07, 6.45) is 0. The molecule has 0 saturated heterocycles. The van der Waals surface area contributed by atoms with Crippen molar-refractivity contribution in [2.75, 3.05) is 26.0 Å². The van der Waals surface area contributed by atoms with Crippen LogP contribution in [0.4, 0.5) is 5.69 Å². The number of halogens is 3. The molecule has 26 heavy (non-hydrogen) atoms. The number of amides is 1. The Kier molecular flexibility index (Phi) is 6.76. The zero-order valence-corrected chi connectivity index (χ0v) is 16.9. The van der Waals surface area contributed by atoms with Crippen molar-refractivity contribution in [2.24, 2.45) is 0 Å². The van der Waals surface area contributed by atoms with E-state index in [4.69, 9.17) is 39.5 Å². The standard InChI is InChI=1S/C16H15Cl3N2O4S/c1-21(26(23,24)15-7-10(17)3-5-12(15)18)9-16(22)20-11-4-6-14(25-2)13(19)8-11/h3-8H,9H2,1-2H3,(H,20,22). The predicted octanol–water partition coefficient (Wildman–Crippen LogP) is 3.91. The summed E-state index contributed by atoms with van der Waals surface area (Å²) in [7, 11) is -1.24. The molecule has 0 saturated carbocycles. The molecule has 2 aromatic rings. The largest absolute Gasteiger partial charge is 0.495 e. The molecule has 10 heteroatoms. The summed E-state index contributed by atoms with van der Waals surface area (Å²) in [5, 5.41) is 3.13. The number of anilines is 1. The SMILES string of the molecule is COc1ccc(NC(=O)CN(C)S(=O)(=O)c2cc(Cl)ccc2Cl)cc1Cl. The minimum atomic E-state index is -3.99. The van der Waals surface area contributed by atoms with Gasteiger partial charge in [-0.2, -0.15) is 4.31 Å². The summed E-state index contributed by atoms with van der Waals surface area (Å²) in [5.74, 6) is -0.0876. The third kappa shape index (κ3) is 4.81. The van der Waals surface area contributed by atoms with Gasteiger partial charge in [0.2, 0.25) is 15.9 Å². The number of benzene rings is 2. The minimum absolute atomic E-state index is 0.0172. The van der Waals surface area contributed by atoms with Gasteiger partial charge in [0.05, 0.1) is 23.7 Å². The predicted molar refractivity (Wildman–Crippen MR) is 103 cm³/mol. The van der Waals surface area contributed by atoms with E-state index in [1.807, 2.05) is 0 Å². The average molecular weight is 438 g/mol. The van der Waals surface area contributed by atoms with Crippen LogP contribution in [0.5, 0.6) is 5.75 Å². The number of methoxy groups -OCH3 is 1. The fourth-order valence-corrected chi connectivity index (χ4v) is 4.19. The van der Waals surface area contributed by atoms with E-state index in [1.54, 1.807) is 12.1 Å². The van der Waals surface area contributed by atoms with Crippen molar-refractivity contribution in [2.45, 2.75) is 4.90 Å². The van der Waals surface area contributed by atoms with E-state index in [0.29, 0.717) is 16.5 Å². The first-order valence-corrected chi connectivity index (χ1v) is 9.77. The van der Waals surface area contributed by atoms with Crippen molar-refractivity contribution in [1.82, 2.24) is 4.31 Å². The highest BCUT2D eigenvalue weighted by Crippen LogP contribution is 2.28. The van der Waals surface area contributed by atoms with Gasteiger partial charge < -0.3 is 10.1 Å². The Hall–Kier alpha value is -1.51. The van der Waals surface area contributed by atoms with Gasteiger partial charge in [-0.3, -0.25) is 4.79 Å². The second-order valence-corrected chi connectivity index (χ2v) is 8.50. The Bertz CT molecular complexity index is 935. The Morgan fingerprint density at radius 2 is 1.81 bits per heavy atom. The van der Waals surface area contributed by atoms with E-state index in [9.17, 15) is 13.2 Å². The first-order valence-electron chi connectivity index (χ1n) is 7.20. The summed E-state index contributed by atoms with van der Waals surface area (Å²) in [5.41, 5.74) is 0.410. The number of sulfonamides is 1. The van der Waals surface area contributed by atoms with Crippen molar-refractivity contribution in [1.29, 1.82) is 0 Å². The lowest BCUT2D eigenvalue weighted by molar-refractivity contribution is -0.116. The molecule has 0 heterocycles. The number of carbonyl (C=O) groups excluding carboxylic acids is 1. The van der Waals surface area contributed by atoms with Crippen LogP contribution in [-0.4, -0.2) is 39.3 Å². The molecule has 0 atom stereocenters. The number of likely N-dealkylation sites (N-methyl/N-ethyl adjacent to an activating group) is 1. The van der Waals surface area contributed by atoms with E-state index in [-0.39, 0.29) is 14.9 Å². The Balaban J connectivity index is 2.13. The second kappa shape index (κ2) is 8.45. The van der Waals surface area contributed by atoms with Crippen LogP contribution in [0.1, 0.15) is 0 Å². The number of nitrogens with zero attached hydrogens (tertiary/aromatic N) is 1. The average Bonchev–Trinajstić information content (AvgIpc) is 2.57. The molecule has 6 nitrogen and oxygen atoms in total. The number of nitrogens with one attached hydrogen (secondary N) is 1. The second-order valence-electron chi connectivity index (χ2n) is 5.23. The highest BCUT2D eigenvalue weighted by molar-refractivity contribution is 7.89. The third-order valence-corrected chi connectivity index (χ3v) is 6.20. The summed E-state index contributed by atoms with van der Waals surface area (Å²) in [6.45, 7) is -0.422. The van der Waals surface area contributed by atoms with Crippen LogP contribution < -0.4 is 10.1 Å². The maximum Gasteiger partial charge on any atom is 0.244 e. The van der Waals surface area contributed by atoms with Crippen molar-refractivity contribution in [3.05, 3.63) is 51.5 Å². The third-order valence-electron chi connectivity index (χ3n) is 3.38. The summed E-state index contributed by atoms with van der Waals surface area (Å²) in [6, 6.07) is 8.76. The molecule has 0 spiro atoms. The highest BCUT2D eigenvalue weighted by atomic mass is 35.5. The molecule has 2 rings (SSSR count). The molecule has 0 aromatic heterocycles. The van der Waals surface area contributed by atoms with Crippen LogP contribution in [0, 0.1) is 0 Å². The molecule has 1 N–H and O–H groups in total. The summed E-state index contributed by atoms with van der Waals surface area (Å²) in [4.78, 5) is 12.0. The Morgan fingerprint density at radius 1 is 1.12 bits per heavy atom. The molecule has 140 valence electrons. The fourth-order valence-electron chi connectivity index (χ4n) is 2.07. The van der Waals surface area contributed by atoms with Gasteiger partial charge in [-0.1, -0.05) is 34.8 Å². The van der Waals surface area contributed by atoms with Gasteiger partial charge in [0, 0.05) is 17.8 Å². The molecule has 2 aromatic carbocycles. The lowest BCUT2D eigenvalue weighted by Crippen LogP contribution is -2.35. The van der Waals surface area contributed by atoms with E-state index in [1.165, 1.54) is 38.4 Å². The minimum Gasteiger partial charge on any atom is -0.495 e. The first-order chi connectivity index (χ1) is 12.1. The smallest absolute Gasteiger partial charge is 0.244 e. The van der Waals surface area contributed by atoms with Gasteiger partial charge in [-0.25, -0.2) is 8.42 Å². The maximum atomic E-state index is 12.6. The highest BCUT2D eigenvalue weighted by Gasteiger charge is 2.25. The van der Waals surface area contributed by atoms with Crippen LogP contribution in [0.15, 0.2) is 41.3 Å². The first kappa shape index (κ1) is 20.8. The van der Waals surface area contributed by atoms with Crippen LogP contribution in [0.25, 0.3) is 0 Å². The summed E-state index contributed by atoms with van der Waals surface area (Å²) < 4.78 is 31.1. The van der Waals surface area contributed by atoms with Gasteiger partial charge in [0.1, 0.15) is 10.6 Å². The van der Waals surface area contributed by atoms with Crippen molar-refractivity contribution >= 4 is 56.4 Å². The van der Waals surface area contributed by atoms with Crippen molar-refractivity contribution in [3.63, 3.8) is 0 Å². The molecule has 0 aliphatic rings. The number of carbonyl (C=O) groups is 1. The van der Waals surface area contributed by atoms with E-state index < -0.39 is 22.5 Å². The number of rotatable bonds is 6. The van der Waals surface area contributed by atoms with Crippen LogP contribution in [-0.2, 0) is 14.8 Å². The monoisotopic (exact) mass is 436 g/mol. The number of ether oxygens (including phenoxy) is 1. The fraction of sp³-hybridized carbons (Fsp3) is 0.188. The van der Waals surface area contributed by atoms with Crippen LogP contribution in [0.2, 0.25) is 15.1 Å². The quantitative estimate of drug-likeness (QED) is 0.743. The lowest BCUT2D eigenvalue weighted by Gasteiger charge is -2.18.